The maximum absolute atomic E-state index is 14.7. The largest absolute Gasteiger partial charge is 0.367 e. The molecule has 1 aromatic rings. The number of benzene rings is 1. The molecule has 2 heterocycles. The summed E-state index contributed by atoms with van der Waals surface area (Å²) in [5.74, 6) is 0.687. The van der Waals surface area contributed by atoms with Crippen LogP contribution >= 0.6 is 0 Å². The number of rotatable bonds is 6. The van der Waals surface area contributed by atoms with E-state index in [1.807, 2.05) is 24.0 Å². The molecular weight excluding hydrogens is 383 g/mol. The van der Waals surface area contributed by atoms with Crippen LogP contribution in [0.25, 0.3) is 0 Å². The maximum atomic E-state index is 14.7. The highest BCUT2D eigenvalue weighted by Gasteiger charge is 2.25. The fourth-order valence-electron chi connectivity index (χ4n) is 4.12. The Bertz CT molecular complexity index is 747. The third kappa shape index (κ3) is 5.62. The van der Waals surface area contributed by atoms with E-state index in [0.29, 0.717) is 31.2 Å². The highest BCUT2D eigenvalue weighted by molar-refractivity contribution is 5.80. The first-order valence-electron chi connectivity index (χ1n) is 11.0. The lowest BCUT2D eigenvalue weighted by Crippen LogP contribution is -2.46. The summed E-state index contributed by atoms with van der Waals surface area (Å²) in [6.07, 6.45) is 1.44. The zero-order chi connectivity index (χ0) is 21.5. The van der Waals surface area contributed by atoms with Gasteiger partial charge in [-0.1, -0.05) is 19.9 Å². The van der Waals surface area contributed by atoms with Gasteiger partial charge < -0.3 is 25.3 Å². The Morgan fingerprint density at radius 1 is 1.20 bits per heavy atom. The summed E-state index contributed by atoms with van der Waals surface area (Å²) < 4.78 is 14.7. The maximum Gasteiger partial charge on any atom is 0.222 e. The normalized spacial score (nSPS) is 20.5. The lowest BCUT2D eigenvalue weighted by atomic mass is 10.1. The molecule has 0 bridgehead atoms. The molecular formula is C22H35FN6O. The van der Waals surface area contributed by atoms with Crippen molar-refractivity contribution in [2.75, 3.05) is 57.8 Å². The molecule has 1 amide bonds. The standard InChI is InChI=1S/C22H35FN6O/c1-4-21(30)29-9-8-18(16-29)26-22(24-3)25-15-17-6-7-20(19(23)14-17)28-12-10-27(5-2)11-13-28/h6-7,14,18H,4-5,8-13,15-16H2,1-3H3,(H2,24,25,26). The molecule has 2 aliphatic rings. The van der Waals surface area contributed by atoms with Crippen molar-refractivity contribution in [3.8, 4) is 0 Å². The Labute approximate surface area is 179 Å². The van der Waals surface area contributed by atoms with Crippen LogP contribution in [0.1, 0.15) is 32.3 Å². The molecule has 0 spiro atoms. The first-order chi connectivity index (χ1) is 14.5. The van der Waals surface area contributed by atoms with Gasteiger partial charge in [-0.2, -0.15) is 0 Å². The van der Waals surface area contributed by atoms with Gasteiger partial charge in [0.15, 0.2) is 5.96 Å². The Morgan fingerprint density at radius 3 is 2.60 bits per heavy atom. The fraction of sp³-hybridized carbons (Fsp3) is 0.636. The van der Waals surface area contributed by atoms with Gasteiger partial charge in [0.2, 0.25) is 5.91 Å². The van der Waals surface area contributed by atoms with Crippen LogP contribution in [-0.4, -0.2) is 80.6 Å². The second-order valence-electron chi connectivity index (χ2n) is 7.96. The number of likely N-dealkylation sites (tertiary alicyclic amines) is 1. The zero-order valence-corrected chi connectivity index (χ0v) is 18.5. The van der Waals surface area contributed by atoms with Crippen LogP contribution in [0.3, 0.4) is 0 Å². The fourth-order valence-corrected chi connectivity index (χ4v) is 4.12. The Balaban J connectivity index is 1.50. The smallest absolute Gasteiger partial charge is 0.222 e. The van der Waals surface area contributed by atoms with E-state index in [1.165, 1.54) is 0 Å². The number of nitrogens with zero attached hydrogens (tertiary/aromatic N) is 4. The Hall–Kier alpha value is -2.35. The number of halogens is 1. The topological polar surface area (TPSA) is 63.2 Å². The van der Waals surface area contributed by atoms with Gasteiger partial charge >= 0.3 is 0 Å². The van der Waals surface area contributed by atoms with E-state index >= 15 is 0 Å². The summed E-state index contributed by atoms with van der Waals surface area (Å²) in [6.45, 7) is 10.7. The van der Waals surface area contributed by atoms with Crippen LogP contribution in [0.4, 0.5) is 10.1 Å². The highest BCUT2D eigenvalue weighted by Crippen LogP contribution is 2.22. The van der Waals surface area contributed by atoms with E-state index < -0.39 is 0 Å². The van der Waals surface area contributed by atoms with Crippen molar-refractivity contribution in [1.82, 2.24) is 20.4 Å². The van der Waals surface area contributed by atoms with Crippen molar-refractivity contribution in [3.63, 3.8) is 0 Å². The monoisotopic (exact) mass is 418 g/mol. The number of aliphatic imine (C=N–C) groups is 1. The molecule has 2 saturated heterocycles. The van der Waals surface area contributed by atoms with Gasteiger partial charge in [0.25, 0.3) is 0 Å². The minimum absolute atomic E-state index is 0.174. The highest BCUT2D eigenvalue weighted by atomic mass is 19.1. The van der Waals surface area contributed by atoms with Gasteiger partial charge in [-0.15, -0.1) is 0 Å². The molecule has 1 unspecified atom stereocenters. The summed E-state index contributed by atoms with van der Waals surface area (Å²) in [4.78, 5) is 22.5. The SMILES string of the molecule is CCC(=O)N1CCC(NC(=NC)NCc2ccc(N3CCN(CC)CC3)c(F)c2)C1. The molecule has 1 aromatic carbocycles. The lowest BCUT2D eigenvalue weighted by Gasteiger charge is -2.35. The minimum atomic E-state index is -0.174. The average molecular weight is 419 g/mol. The van der Waals surface area contributed by atoms with Crippen LogP contribution in [0.15, 0.2) is 23.2 Å². The van der Waals surface area contributed by atoms with E-state index in [1.54, 1.807) is 13.1 Å². The molecule has 2 N–H and O–H groups in total. The van der Waals surface area contributed by atoms with Gasteiger partial charge in [0, 0.05) is 65.3 Å². The van der Waals surface area contributed by atoms with Crippen LogP contribution in [0.5, 0.6) is 0 Å². The molecule has 2 fully saturated rings. The molecule has 0 aliphatic carbocycles. The quantitative estimate of drug-likeness (QED) is 0.543. The number of hydrogen-bond donors (Lipinski definition) is 2. The van der Waals surface area contributed by atoms with E-state index in [9.17, 15) is 9.18 Å². The van der Waals surface area contributed by atoms with Crippen molar-refractivity contribution in [2.45, 2.75) is 39.3 Å². The van der Waals surface area contributed by atoms with E-state index in [0.717, 1.165) is 51.3 Å². The van der Waals surface area contributed by atoms with Crippen molar-refractivity contribution >= 4 is 17.6 Å². The second-order valence-corrected chi connectivity index (χ2v) is 7.96. The summed E-state index contributed by atoms with van der Waals surface area (Å²) in [5.41, 5.74) is 1.56. The molecule has 0 saturated carbocycles. The van der Waals surface area contributed by atoms with E-state index in [2.05, 4.69) is 32.3 Å². The number of piperazine rings is 1. The van der Waals surface area contributed by atoms with Crippen LogP contribution in [0, 0.1) is 5.82 Å². The summed E-state index contributed by atoms with van der Waals surface area (Å²) in [7, 11) is 1.72. The number of guanidine groups is 1. The molecule has 30 heavy (non-hydrogen) atoms. The number of hydrogen-bond acceptors (Lipinski definition) is 4. The lowest BCUT2D eigenvalue weighted by molar-refractivity contribution is -0.129. The number of likely N-dealkylation sites (N-methyl/N-ethyl adjacent to an activating group) is 1. The van der Waals surface area contributed by atoms with Crippen molar-refractivity contribution < 1.29 is 9.18 Å². The van der Waals surface area contributed by atoms with Gasteiger partial charge in [0.1, 0.15) is 5.82 Å². The first-order valence-corrected chi connectivity index (χ1v) is 11.0. The van der Waals surface area contributed by atoms with Crippen molar-refractivity contribution in [2.24, 2.45) is 4.99 Å². The van der Waals surface area contributed by atoms with E-state index in [-0.39, 0.29) is 17.8 Å². The van der Waals surface area contributed by atoms with Gasteiger partial charge in [0.05, 0.1) is 5.69 Å². The average Bonchev–Trinajstić information content (AvgIpc) is 3.25. The van der Waals surface area contributed by atoms with Gasteiger partial charge in [-0.05, 0) is 30.7 Å². The number of carbonyl (C=O) groups is 1. The van der Waals surface area contributed by atoms with Crippen LogP contribution in [-0.2, 0) is 11.3 Å². The van der Waals surface area contributed by atoms with Crippen molar-refractivity contribution in [3.05, 3.63) is 29.6 Å². The molecule has 8 heteroatoms. The zero-order valence-electron chi connectivity index (χ0n) is 18.5. The van der Waals surface area contributed by atoms with E-state index in [4.69, 9.17) is 0 Å². The minimum Gasteiger partial charge on any atom is -0.367 e. The van der Waals surface area contributed by atoms with Crippen molar-refractivity contribution in [1.29, 1.82) is 0 Å². The molecule has 0 aromatic heterocycles. The summed E-state index contributed by atoms with van der Waals surface area (Å²) in [5, 5.41) is 6.63. The molecule has 7 nitrogen and oxygen atoms in total. The van der Waals surface area contributed by atoms with Crippen LogP contribution < -0.4 is 15.5 Å². The predicted molar refractivity (Wildman–Crippen MR) is 119 cm³/mol. The Kier molecular flexibility index (Phi) is 7.90. The summed E-state index contributed by atoms with van der Waals surface area (Å²) >= 11 is 0. The number of nitrogens with one attached hydrogen (secondary N) is 2. The third-order valence-electron chi connectivity index (χ3n) is 6.04. The molecule has 1 atom stereocenters. The Morgan fingerprint density at radius 2 is 1.97 bits per heavy atom. The summed E-state index contributed by atoms with van der Waals surface area (Å²) in [6, 6.07) is 5.66. The second kappa shape index (κ2) is 10.6. The molecule has 3 rings (SSSR count). The number of anilines is 1. The predicted octanol–water partition coefficient (Wildman–Crippen LogP) is 1.64. The third-order valence-corrected chi connectivity index (χ3v) is 6.04. The molecule has 0 radical (unpaired) electrons. The van der Waals surface area contributed by atoms with Gasteiger partial charge in [-0.3, -0.25) is 9.79 Å². The molecule has 2 aliphatic heterocycles. The first kappa shape index (κ1) is 22.3. The number of amides is 1. The van der Waals surface area contributed by atoms with Gasteiger partial charge in [-0.25, -0.2) is 4.39 Å². The molecule has 166 valence electrons. The number of carbonyl (C=O) groups excluding carboxylic acids is 1. The van der Waals surface area contributed by atoms with Crippen LogP contribution in [0.2, 0.25) is 0 Å².